The van der Waals surface area contributed by atoms with E-state index in [0.29, 0.717) is 0 Å². The van der Waals surface area contributed by atoms with E-state index in [4.69, 9.17) is 0 Å². The van der Waals surface area contributed by atoms with Gasteiger partial charge in [-0.05, 0) is 32.2 Å². The molecule has 0 amide bonds. The normalized spacial score (nSPS) is 31.7. The van der Waals surface area contributed by atoms with E-state index in [0.717, 1.165) is 18.1 Å². The summed E-state index contributed by atoms with van der Waals surface area (Å²) in [6.07, 6.45) is 5.32. The molecule has 0 saturated carbocycles. The fourth-order valence-corrected chi connectivity index (χ4v) is 4.25. The van der Waals surface area contributed by atoms with Gasteiger partial charge in [0.05, 0.1) is 0 Å². The van der Waals surface area contributed by atoms with Crippen LogP contribution in [0.5, 0.6) is 0 Å². The van der Waals surface area contributed by atoms with Crippen molar-refractivity contribution in [3.05, 3.63) is 0 Å². The highest BCUT2D eigenvalue weighted by Crippen LogP contribution is 2.26. The second kappa shape index (κ2) is 6.27. The maximum Gasteiger partial charge on any atom is 0.0340 e. The van der Waals surface area contributed by atoms with Gasteiger partial charge >= 0.3 is 0 Å². The van der Waals surface area contributed by atoms with Crippen molar-refractivity contribution in [2.75, 3.05) is 24.6 Å². The molecule has 0 bridgehead atoms. The third-order valence-corrected chi connectivity index (χ3v) is 5.19. The predicted molar refractivity (Wildman–Crippen MR) is 73.2 cm³/mol. The lowest BCUT2D eigenvalue weighted by atomic mass is 9.95. The quantitative estimate of drug-likeness (QED) is 0.814. The molecule has 2 nitrogen and oxygen atoms in total. The van der Waals surface area contributed by atoms with Crippen molar-refractivity contribution in [1.29, 1.82) is 0 Å². The van der Waals surface area contributed by atoms with Crippen LogP contribution < -0.4 is 5.32 Å². The standard InChI is InChI=1S/C13H26N2S/c1-3-11(4-2)14-12-6-5-7-15-8-9-16-10-13(12)15/h11-14H,3-10H2,1-2H3. The van der Waals surface area contributed by atoms with Gasteiger partial charge in [0.15, 0.2) is 0 Å². The highest BCUT2D eigenvalue weighted by molar-refractivity contribution is 7.99. The summed E-state index contributed by atoms with van der Waals surface area (Å²) in [5.41, 5.74) is 0. The Bertz CT molecular complexity index is 204. The van der Waals surface area contributed by atoms with Crippen molar-refractivity contribution in [3.8, 4) is 0 Å². The molecular formula is C13H26N2S. The minimum atomic E-state index is 0.733. The van der Waals surface area contributed by atoms with Crippen LogP contribution in [0.2, 0.25) is 0 Å². The first kappa shape index (κ1) is 12.7. The average Bonchev–Trinajstić information content (AvgIpc) is 2.36. The largest absolute Gasteiger partial charge is 0.310 e. The molecule has 0 aliphatic carbocycles. The van der Waals surface area contributed by atoms with Crippen LogP contribution in [0.4, 0.5) is 0 Å². The second-order valence-corrected chi connectivity index (χ2v) is 6.26. The Labute approximate surface area is 105 Å². The molecule has 0 aromatic rings. The van der Waals surface area contributed by atoms with E-state index >= 15 is 0 Å². The van der Waals surface area contributed by atoms with E-state index in [9.17, 15) is 0 Å². The minimum Gasteiger partial charge on any atom is -0.310 e. The number of rotatable bonds is 4. The van der Waals surface area contributed by atoms with E-state index in [1.807, 2.05) is 0 Å². The Morgan fingerprint density at radius 2 is 2.12 bits per heavy atom. The van der Waals surface area contributed by atoms with E-state index in [2.05, 4.69) is 35.8 Å². The highest BCUT2D eigenvalue weighted by atomic mass is 32.2. The van der Waals surface area contributed by atoms with Crippen molar-refractivity contribution in [2.45, 2.75) is 57.7 Å². The third kappa shape index (κ3) is 2.93. The lowest BCUT2D eigenvalue weighted by Crippen LogP contribution is -2.59. The molecule has 2 aliphatic heterocycles. The van der Waals surface area contributed by atoms with Crippen molar-refractivity contribution >= 4 is 11.8 Å². The molecule has 2 saturated heterocycles. The van der Waals surface area contributed by atoms with Crippen molar-refractivity contribution in [2.24, 2.45) is 0 Å². The molecule has 2 heterocycles. The van der Waals surface area contributed by atoms with Crippen molar-refractivity contribution in [1.82, 2.24) is 10.2 Å². The molecule has 0 aromatic heterocycles. The Hall–Kier alpha value is 0.270. The fraction of sp³-hybridized carbons (Fsp3) is 1.00. The fourth-order valence-electron chi connectivity index (χ4n) is 3.03. The lowest BCUT2D eigenvalue weighted by Gasteiger charge is -2.45. The Morgan fingerprint density at radius 3 is 2.88 bits per heavy atom. The molecular weight excluding hydrogens is 216 g/mol. The Morgan fingerprint density at radius 1 is 1.31 bits per heavy atom. The molecule has 2 fully saturated rings. The molecule has 2 rings (SSSR count). The number of hydrogen-bond donors (Lipinski definition) is 1. The van der Waals surface area contributed by atoms with Gasteiger partial charge in [-0.1, -0.05) is 13.8 Å². The van der Waals surface area contributed by atoms with Crippen LogP contribution in [0.1, 0.15) is 39.5 Å². The Kier molecular flexibility index (Phi) is 4.98. The molecule has 0 spiro atoms. The number of piperidine rings is 1. The monoisotopic (exact) mass is 242 g/mol. The lowest BCUT2D eigenvalue weighted by molar-refractivity contribution is 0.122. The molecule has 2 unspecified atom stereocenters. The predicted octanol–water partition coefficient (Wildman–Crippen LogP) is 2.34. The summed E-state index contributed by atoms with van der Waals surface area (Å²) < 4.78 is 0. The molecule has 3 heteroatoms. The summed E-state index contributed by atoms with van der Waals surface area (Å²) in [5.74, 6) is 2.69. The van der Waals surface area contributed by atoms with Gasteiger partial charge in [-0.15, -0.1) is 0 Å². The number of hydrogen-bond acceptors (Lipinski definition) is 3. The van der Waals surface area contributed by atoms with E-state index in [1.165, 1.54) is 50.3 Å². The number of nitrogens with one attached hydrogen (secondary N) is 1. The summed E-state index contributed by atoms with van der Waals surface area (Å²) in [6.45, 7) is 7.26. The van der Waals surface area contributed by atoms with Crippen LogP contribution in [0.25, 0.3) is 0 Å². The molecule has 2 atom stereocenters. The molecule has 16 heavy (non-hydrogen) atoms. The van der Waals surface area contributed by atoms with Crippen LogP contribution in [-0.2, 0) is 0 Å². The van der Waals surface area contributed by atoms with Crippen LogP contribution in [0.15, 0.2) is 0 Å². The summed E-state index contributed by atoms with van der Waals surface area (Å²) in [5, 5.41) is 3.90. The summed E-state index contributed by atoms with van der Waals surface area (Å²) in [4.78, 5) is 2.72. The van der Waals surface area contributed by atoms with E-state index in [-0.39, 0.29) is 0 Å². The zero-order valence-corrected chi connectivity index (χ0v) is 11.6. The SMILES string of the molecule is CCC(CC)NC1CCCN2CCSCC12. The second-order valence-electron chi connectivity index (χ2n) is 5.11. The van der Waals surface area contributed by atoms with Gasteiger partial charge in [0.1, 0.15) is 0 Å². The zero-order valence-electron chi connectivity index (χ0n) is 10.7. The minimum absolute atomic E-state index is 0.733. The first-order chi connectivity index (χ1) is 7.85. The maximum atomic E-state index is 3.90. The van der Waals surface area contributed by atoms with Crippen LogP contribution in [0.3, 0.4) is 0 Å². The summed E-state index contributed by atoms with van der Waals surface area (Å²) in [6, 6.07) is 2.30. The van der Waals surface area contributed by atoms with Crippen molar-refractivity contribution < 1.29 is 0 Å². The van der Waals surface area contributed by atoms with Gasteiger partial charge in [0.25, 0.3) is 0 Å². The van der Waals surface area contributed by atoms with Crippen molar-refractivity contribution in [3.63, 3.8) is 0 Å². The van der Waals surface area contributed by atoms with E-state index < -0.39 is 0 Å². The van der Waals surface area contributed by atoms with Gasteiger partial charge in [-0.3, -0.25) is 4.90 Å². The molecule has 2 aliphatic rings. The zero-order chi connectivity index (χ0) is 11.4. The molecule has 94 valence electrons. The third-order valence-electron chi connectivity index (χ3n) is 4.14. The number of thioether (sulfide) groups is 1. The number of nitrogens with zero attached hydrogens (tertiary/aromatic N) is 1. The maximum absolute atomic E-state index is 3.90. The van der Waals surface area contributed by atoms with Gasteiger partial charge < -0.3 is 5.32 Å². The highest BCUT2D eigenvalue weighted by Gasteiger charge is 2.33. The van der Waals surface area contributed by atoms with Gasteiger partial charge in [-0.2, -0.15) is 11.8 Å². The van der Waals surface area contributed by atoms with Crippen LogP contribution in [0, 0.1) is 0 Å². The van der Waals surface area contributed by atoms with Gasteiger partial charge in [0.2, 0.25) is 0 Å². The first-order valence-electron chi connectivity index (χ1n) is 6.93. The molecule has 0 aromatic carbocycles. The van der Waals surface area contributed by atoms with Gasteiger partial charge in [0, 0.05) is 36.2 Å². The smallest absolute Gasteiger partial charge is 0.0340 e. The van der Waals surface area contributed by atoms with Gasteiger partial charge in [-0.25, -0.2) is 0 Å². The summed E-state index contributed by atoms with van der Waals surface area (Å²) in [7, 11) is 0. The molecule has 0 radical (unpaired) electrons. The van der Waals surface area contributed by atoms with E-state index in [1.54, 1.807) is 0 Å². The van der Waals surface area contributed by atoms with Crippen LogP contribution in [-0.4, -0.2) is 47.6 Å². The first-order valence-corrected chi connectivity index (χ1v) is 8.08. The van der Waals surface area contributed by atoms with Crippen LogP contribution >= 0.6 is 11.8 Å². The molecule has 1 N–H and O–H groups in total. The summed E-state index contributed by atoms with van der Waals surface area (Å²) >= 11 is 2.14. The number of fused-ring (bicyclic) bond motifs is 1. The average molecular weight is 242 g/mol. The Balaban J connectivity index is 1.91. The topological polar surface area (TPSA) is 15.3 Å².